The molecule has 4 atom stereocenters. The van der Waals surface area contributed by atoms with Crippen LogP contribution in [0.3, 0.4) is 0 Å². The summed E-state index contributed by atoms with van der Waals surface area (Å²) in [6.07, 6.45) is 2.78. The highest BCUT2D eigenvalue weighted by Crippen LogP contribution is 2.43. The quantitative estimate of drug-likeness (QED) is 0.619. The second-order valence-electron chi connectivity index (χ2n) is 6.86. The van der Waals surface area contributed by atoms with Gasteiger partial charge < -0.3 is 28.8 Å². The molecule has 2 heterocycles. The topological polar surface area (TPSA) is 66.4 Å². The van der Waals surface area contributed by atoms with E-state index >= 15 is 0 Å². The van der Waals surface area contributed by atoms with E-state index in [1.165, 1.54) is 0 Å². The molecule has 0 amide bonds. The lowest BCUT2D eigenvalue weighted by atomic mass is 9.96. The first-order chi connectivity index (χ1) is 11.0. The maximum absolute atomic E-state index is 9.99. The van der Waals surface area contributed by atoms with Gasteiger partial charge in [0.15, 0.2) is 12.1 Å². The predicted octanol–water partition coefficient (Wildman–Crippen LogP) is 2.23. The summed E-state index contributed by atoms with van der Waals surface area (Å²) in [5.74, 6) is -0.702. The van der Waals surface area contributed by atoms with Crippen LogP contribution in [0.2, 0.25) is 0 Å². The molecule has 1 unspecified atom stereocenters. The van der Waals surface area contributed by atoms with Crippen molar-refractivity contribution < 1.29 is 28.8 Å². The van der Waals surface area contributed by atoms with E-state index in [4.69, 9.17) is 23.7 Å². The first kappa shape index (κ1) is 19.1. The number of aliphatic hydroxyl groups excluding tert-OH is 1. The van der Waals surface area contributed by atoms with E-state index in [1.807, 2.05) is 13.8 Å². The van der Waals surface area contributed by atoms with Gasteiger partial charge in [0.2, 0.25) is 0 Å². The van der Waals surface area contributed by atoms with E-state index in [2.05, 4.69) is 13.8 Å². The van der Waals surface area contributed by atoms with Crippen LogP contribution >= 0.6 is 0 Å². The summed E-state index contributed by atoms with van der Waals surface area (Å²) in [6, 6.07) is 0. The molecule has 0 saturated carbocycles. The van der Waals surface area contributed by atoms with Gasteiger partial charge in [-0.15, -0.1) is 0 Å². The zero-order valence-corrected chi connectivity index (χ0v) is 14.9. The van der Waals surface area contributed by atoms with E-state index in [0.717, 1.165) is 25.7 Å². The number of hydrogen-bond acceptors (Lipinski definition) is 6. The zero-order chi connectivity index (χ0) is 16.9. The lowest BCUT2D eigenvalue weighted by Gasteiger charge is -2.35. The SMILES string of the molecule is CCCCOC[C@@]1(CO)O[C@@H]2OC(C)(C)O[C@H]2C1OCCCC. The van der Waals surface area contributed by atoms with E-state index in [-0.39, 0.29) is 19.3 Å². The monoisotopic (exact) mass is 332 g/mol. The minimum Gasteiger partial charge on any atom is -0.393 e. The molecule has 2 rings (SSSR count). The molecule has 2 aliphatic heterocycles. The average molecular weight is 332 g/mol. The van der Waals surface area contributed by atoms with Gasteiger partial charge in [0.25, 0.3) is 0 Å². The molecular formula is C17H32O6. The van der Waals surface area contributed by atoms with Gasteiger partial charge in [0.05, 0.1) is 13.2 Å². The zero-order valence-electron chi connectivity index (χ0n) is 14.9. The molecular weight excluding hydrogens is 300 g/mol. The van der Waals surface area contributed by atoms with Crippen LogP contribution in [0.25, 0.3) is 0 Å². The van der Waals surface area contributed by atoms with Crippen molar-refractivity contribution in [3.63, 3.8) is 0 Å². The van der Waals surface area contributed by atoms with Crippen LogP contribution in [0.4, 0.5) is 0 Å². The summed E-state index contributed by atoms with van der Waals surface area (Å²) in [7, 11) is 0. The lowest BCUT2D eigenvalue weighted by Crippen LogP contribution is -2.52. The Bertz CT molecular complexity index is 361. The molecule has 6 heteroatoms. The maximum atomic E-state index is 9.99. The van der Waals surface area contributed by atoms with Gasteiger partial charge in [0.1, 0.15) is 17.8 Å². The Morgan fingerprint density at radius 1 is 1.00 bits per heavy atom. The number of aliphatic hydroxyl groups is 1. The molecule has 23 heavy (non-hydrogen) atoms. The van der Waals surface area contributed by atoms with Gasteiger partial charge >= 0.3 is 0 Å². The molecule has 6 nitrogen and oxygen atoms in total. The molecule has 0 aromatic carbocycles. The highest BCUT2D eigenvalue weighted by molar-refractivity contribution is 5.04. The predicted molar refractivity (Wildman–Crippen MR) is 85.1 cm³/mol. The van der Waals surface area contributed by atoms with Crippen molar-refractivity contribution in [1.82, 2.24) is 0 Å². The Morgan fingerprint density at radius 2 is 1.70 bits per heavy atom. The summed E-state index contributed by atoms with van der Waals surface area (Å²) in [5, 5.41) is 9.99. The van der Waals surface area contributed by atoms with E-state index in [1.54, 1.807) is 0 Å². The second-order valence-corrected chi connectivity index (χ2v) is 6.86. The first-order valence-corrected chi connectivity index (χ1v) is 8.81. The third-order valence-electron chi connectivity index (χ3n) is 4.31. The van der Waals surface area contributed by atoms with Gasteiger partial charge in [-0.3, -0.25) is 0 Å². The molecule has 0 radical (unpaired) electrons. The van der Waals surface area contributed by atoms with Crippen molar-refractivity contribution in [1.29, 1.82) is 0 Å². The highest BCUT2D eigenvalue weighted by atomic mass is 16.8. The van der Waals surface area contributed by atoms with Crippen LogP contribution in [0.1, 0.15) is 53.4 Å². The fourth-order valence-corrected chi connectivity index (χ4v) is 3.03. The van der Waals surface area contributed by atoms with Crippen LogP contribution in [0, 0.1) is 0 Å². The molecule has 0 bridgehead atoms. The van der Waals surface area contributed by atoms with Crippen LogP contribution in [-0.2, 0) is 23.7 Å². The van der Waals surface area contributed by atoms with Gasteiger partial charge in [-0.2, -0.15) is 0 Å². The maximum Gasteiger partial charge on any atom is 0.190 e. The normalized spacial score (nSPS) is 35.6. The minimum atomic E-state index is -0.923. The molecule has 2 fully saturated rings. The number of rotatable bonds is 10. The Kier molecular flexibility index (Phi) is 6.83. The Hall–Kier alpha value is -0.240. The van der Waals surface area contributed by atoms with Crippen molar-refractivity contribution in [2.45, 2.75) is 83.3 Å². The second kappa shape index (κ2) is 8.23. The molecule has 2 aliphatic rings. The molecule has 0 spiro atoms. The van der Waals surface area contributed by atoms with Crippen molar-refractivity contribution in [3.05, 3.63) is 0 Å². The van der Waals surface area contributed by atoms with Crippen LogP contribution < -0.4 is 0 Å². The fourth-order valence-electron chi connectivity index (χ4n) is 3.03. The van der Waals surface area contributed by atoms with Crippen LogP contribution in [0.15, 0.2) is 0 Å². The molecule has 0 aromatic rings. The summed E-state index contributed by atoms with van der Waals surface area (Å²) in [6.45, 7) is 9.29. The Balaban J connectivity index is 2.05. The lowest BCUT2D eigenvalue weighted by molar-refractivity contribution is -0.260. The largest absolute Gasteiger partial charge is 0.393 e. The van der Waals surface area contributed by atoms with Crippen LogP contribution in [-0.4, -0.2) is 61.4 Å². The van der Waals surface area contributed by atoms with Gasteiger partial charge in [-0.05, 0) is 26.7 Å². The molecule has 136 valence electrons. The third-order valence-corrected chi connectivity index (χ3v) is 4.31. The summed E-state index contributed by atoms with van der Waals surface area (Å²) in [5.41, 5.74) is -0.923. The highest BCUT2D eigenvalue weighted by Gasteiger charge is 2.62. The molecule has 0 aromatic heterocycles. The minimum absolute atomic E-state index is 0.184. The Labute approximate surface area is 139 Å². The summed E-state index contributed by atoms with van der Waals surface area (Å²) >= 11 is 0. The van der Waals surface area contributed by atoms with Gasteiger partial charge in [-0.1, -0.05) is 26.7 Å². The van der Waals surface area contributed by atoms with Gasteiger partial charge in [-0.25, -0.2) is 0 Å². The standard InChI is InChI=1S/C17H32O6/c1-5-7-9-19-12-17(11-18)14(20-10-8-6-2)13-15(23-17)22-16(3,4)21-13/h13-15,18H,5-12H2,1-4H3/t13-,14?,15-,17+/m0/s1. The number of ether oxygens (including phenoxy) is 5. The number of unbranched alkanes of at least 4 members (excludes halogenated alkanes) is 2. The molecule has 1 N–H and O–H groups in total. The van der Waals surface area contributed by atoms with E-state index < -0.39 is 23.8 Å². The molecule has 0 aliphatic carbocycles. The fraction of sp³-hybridized carbons (Fsp3) is 1.00. The third kappa shape index (κ3) is 4.44. The van der Waals surface area contributed by atoms with Crippen molar-refractivity contribution in [2.24, 2.45) is 0 Å². The molecule has 2 saturated heterocycles. The van der Waals surface area contributed by atoms with Crippen molar-refractivity contribution in [2.75, 3.05) is 26.4 Å². The van der Waals surface area contributed by atoms with E-state index in [9.17, 15) is 5.11 Å². The van der Waals surface area contributed by atoms with Crippen LogP contribution in [0.5, 0.6) is 0 Å². The summed E-state index contributed by atoms with van der Waals surface area (Å²) < 4.78 is 29.6. The van der Waals surface area contributed by atoms with Crippen molar-refractivity contribution in [3.8, 4) is 0 Å². The number of hydrogen-bond donors (Lipinski definition) is 1. The van der Waals surface area contributed by atoms with Gasteiger partial charge in [0, 0.05) is 13.2 Å². The summed E-state index contributed by atoms with van der Waals surface area (Å²) in [4.78, 5) is 0. The van der Waals surface area contributed by atoms with E-state index in [0.29, 0.717) is 13.2 Å². The van der Waals surface area contributed by atoms with Crippen molar-refractivity contribution >= 4 is 0 Å². The smallest absolute Gasteiger partial charge is 0.190 e. The first-order valence-electron chi connectivity index (χ1n) is 8.81. The average Bonchev–Trinajstić information content (AvgIpc) is 2.94. The Morgan fingerprint density at radius 3 is 2.35 bits per heavy atom. The number of fused-ring (bicyclic) bond motifs is 1.